The second-order valence-corrected chi connectivity index (χ2v) is 5.54. The fourth-order valence-electron chi connectivity index (χ4n) is 2.56. The summed E-state index contributed by atoms with van der Waals surface area (Å²) in [6.07, 6.45) is -3.33. The van der Waals surface area contributed by atoms with E-state index in [-0.39, 0.29) is 12.4 Å². The zero-order valence-electron chi connectivity index (χ0n) is 15.1. The van der Waals surface area contributed by atoms with E-state index in [1.54, 1.807) is 0 Å². The minimum absolute atomic E-state index is 0.214. The van der Waals surface area contributed by atoms with Gasteiger partial charge in [0.1, 0.15) is 19.0 Å². The molecule has 0 N–H and O–H groups in total. The summed E-state index contributed by atoms with van der Waals surface area (Å²) in [4.78, 5) is 49.8. The van der Waals surface area contributed by atoms with E-state index in [0.29, 0.717) is 0 Å². The number of carbonyl (C=O) groups is 4. The van der Waals surface area contributed by atoms with Gasteiger partial charge in [0, 0.05) is 20.8 Å². The van der Waals surface area contributed by atoms with E-state index in [2.05, 4.69) is 14.8 Å². The largest absolute Gasteiger partial charge is 0.463 e. The predicted octanol–water partition coefficient (Wildman–Crippen LogP) is -0.611. The summed E-state index contributed by atoms with van der Waals surface area (Å²) in [5.41, 5.74) is 0. The third-order valence-electron chi connectivity index (χ3n) is 3.52. The first-order valence-corrected chi connectivity index (χ1v) is 7.85. The van der Waals surface area contributed by atoms with E-state index in [9.17, 15) is 19.2 Å². The lowest BCUT2D eigenvalue weighted by molar-refractivity contribution is -0.166. The number of hydrogen-bond donors (Lipinski definition) is 0. The summed E-state index contributed by atoms with van der Waals surface area (Å²) in [7, 11) is 1.16. The van der Waals surface area contributed by atoms with Crippen LogP contribution in [0, 0.1) is 0 Å². The van der Waals surface area contributed by atoms with Crippen molar-refractivity contribution in [3.63, 3.8) is 0 Å². The average molecular weight is 385 g/mol. The number of esters is 4. The van der Waals surface area contributed by atoms with Gasteiger partial charge in [-0.15, -0.1) is 0 Å². The Kier molecular flexibility index (Phi) is 6.45. The van der Waals surface area contributed by atoms with Gasteiger partial charge in [0.2, 0.25) is 5.82 Å². The molecule has 0 unspecified atom stereocenters. The Labute approximate surface area is 153 Å². The molecule has 148 valence electrons. The van der Waals surface area contributed by atoms with Gasteiger partial charge in [0.05, 0.1) is 7.11 Å². The maximum atomic E-state index is 11.9. The lowest BCUT2D eigenvalue weighted by Crippen LogP contribution is -2.41. The molecule has 0 spiro atoms. The molecule has 1 saturated heterocycles. The normalized spacial score (nSPS) is 24.1. The van der Waals surface area contributed by atoms with Crippen molar-refractivity contribution in [2.75, 3.05) is 13.7 Å². The summed E-state index contributed by atoms with van der Waals surface area (Å²) in [5.74, 6) is -2.94. The molecular formula is C15H19N3O9. The maximum absolute atomic E-state index is 11.9. The van der Waals surface area contributed by atoms with Crippen molar-refractivity contribution in [3.05, 3.63) is 12.2 Å². The summed E-state index contributed by atoms with van der Waals surface area (Å²) in [5, 5.41) is 3.91. The number of hydrogen-bond acceptors (Lipinski definition) is 11. The van der Waals surface area contributed by atoms with Gasteiger partial charge >= 0.3 is 23.9 Å². The molecule has 1 aliphatic rings. The lowest BCUT2D eigenvalue weighted by atomic mass is 10.1. The third-order valence-corrected chi connectivity index (χ3v) is 3.52. The molecule has 12 heteroatoms. The van der Waals surface area contributed by atoms with Crippen molar-refractivity contribution in [2.24, 2.45) is 0 Å². The minimum atomic E-state index is -1.17. The smallest absolute Gasteiger partial charge is 0.375 e. The van der Waals surface area contributed by atoms with E-state index in [4.69, 9.17) is 18.9 Å². The van der Waals surface area contributed by atoms with E-state index in [0.717, 1.165) is 32.0 Å². The Morgan fingerprint density at radius 3 is 2.26 bits per heavy atom. The second kappa shape index (κ2) is 8.58. The van der Waals surface area contributed by atoms with Crippen LogP contribution in [0.3, 0.4) is 0 Å². The van der Waals surface area contributed by atoms with Crippen LogP contribution < -0.4 is 0 Å². The van der Waals surface area contributed by atoms with Crippen molar-refractivity contribution in [3.8, 4) is 0 Å². The minimum Gasteiger partial charge on any atom is -0.463 e. The first-order valence-electron chi connectivity index (χ1n) is 7.85. The van der Waals surface area contributed by atoms with Crippen LogP contribution in [0.2, 0.25) is 0 Å². The Morgan fingerprint density at radius 1 is 1.07 bits per heavy atom. The van der Waals surface area contributed by atoms with Crippen LogP contribution in [0.15, 0.2) is 6.33 Å². The van der Waals surface area contributed by atoms with Crippen LogP contribution in [-0.4, -0.2) is 70.7 Å². The van der Waals surface area contributed by atoms with Gasteiger partial charge in [-0.05, 0) is 0 Å². The van der Waals surface area contributed by atoms with Gasteiger partial charge in [-0.2, -0.15) is 5.10 Å². The number of aromatic nitrogens is 3. The first kappa shape index (κ1) is 20.3. The van der Waals surface area contributed by atoms with Gasteiger partial charge in [-0.3, -0.25) is 14.4 Å². The van der Waals surface area contributed by atoms with Crippen LogP contribution in [-0.2, 0) is 38.1 Å². The predicted molar refractivity (Wildman–Crippen MR) is 83.0 cm³/mol. The molecule has 0 bridgehead atoms. The summed E-state index contributed by atoms with van der Waals surface area (Å²) in [6, 6.07) is 0. The first-order chi connectivity index (χ1) is 12.7. The number of rotatable bonds is 6. The van der Waals surface area contributed by atoms with Gasteiger partial charge in [0.25, 0.3) is 0 Å². The molecular weight excluding hydrogens is 366 g/mol. The summed E-state index contributed by atoms with van der Waals surface area (Å²) >= 11 is 0. The molecule has 27 heavy (non-hydrogen) atoms. The quantitative estimate of drug-likeness (QED) is 0.456. The van der Waals surface area contributed by atoms with E-state index >= 15 is 0 Å². The highest BCUT2D eigenvalue weighted by Crippen LogP contribution is 2.34. The van der Waals surface area contributed by atoms with Crippen molar-refractivity contribution in [2.45, 2.75) is 45.3 Å². The van der Waals surface area contributed by atoms with E-state index in [1.165, 1.54) is 6.92 Å². The molecule has 4 atom stereocenters. The van der Waals surface area contributed by atoms with Gasteiger partial charge < -0.3 is 23.7 Å². The van der Waals surface area contributed by atoms with Crippen molar-refractivity contribution >= 4 is 23.9 Å². The SMILES string of the molecule is COC(=O)c1ncnn1[C@H]1O[C@@H](COC(C)=O)[C@H](OC(C)=O)[C@@H]1OC(C)=O. The standard InChI is InChI=1S/C15H19N3O9/c1-7(19)24-5-10-11(25-8(2)20)12(26-9(3)21)14(27-10)18-13(15(22)23-4)16-6-17-18/h6,10-12,14H,5H2,1-4H3/t10-,11-,12-,14-/m0/s1. The molecule has 12 nitrogen and oxygen atoms in total. The number of nitrogens with zero attached hydrogens (tertiary/aromatic N) is 3. The Balaban J connectivity index is 2.40. The molecule has 1 fully saturated rings. The van der Waals surface area contributed by atoms with Crippen molar-refractivity contribution < 1.29 is 42.9 Å². The van der Waals surface area contributed by atoms with Crippen LogP contribution in [0.25, 0.3) is 0 Å². The van der Waals surface area contributed by atoms with Crippen molar-refractivity contribution in [1.29, 1.82) is 0 Å². The topological polar surface area (TPSA) is 145 Å². The fraction of sp³-hybridized carbons (Fsp3) is 0.600. The highest BCUT2D eigenvalue weighted by molar-refractivity contribution is 5.85. The molecule has 1 aromatic heterocycles. The second-order valence-electron chi connectivity index (χ2n) is 5.54. The highest BCUT2D eigenvalue weighted by Gasteiger charge is 2.51. The summed E-state index contributed by atoms with van der Waals surface area (Å²) < 4.78 is 26.8. The van der Waals surface area contributed by atoms with Gasteiger partial charge in [0.15, 0.2) is 18.4 Å². The fourth-order valence-corrected chi connectivity index (χ4v) is 2.56. The van der Waals surface area contributed by atoms with E-state index in [1.807, 2.05) is 0 Å². The van der Waals surface area contributed by atoms with Crippen molar-refractivity contribution in [1.82, 2.24) is 14.8 Å². The molecule has 0 saturated carbocycles. The molecule has 2 heterocycles. The average Bonchev–Trinajstić information content (AvgIpc) is 3.17. The number of methoxy groups -OCH3 is 1. The molecule has 0 radical (unpaired) electrons. The zero-order chi connectivity index (χ0) is 20.1. The molecule has 0 aliphatic carbocycles. The number of ether oxygens (including phenoxy) is 5. The van der Waals surface area contributed by atoms with Crippen LogP contribution in [0.5, 0.6) is 0 Å². The highest BCUT2D eigenvalue weighted by atomic mass is 16.7. The monoisotopic (exact) mass is 385 g/mol. The third kappa shape index (κ3) is 4.78. The lowest BCUT2D eigenvalue weighted by Gasteiger charge is -2.23. The summed E-state index contributed by atoms with van der Waals surface area (Å²) in [6.45, 7) is 3.24. The zero-order valence-corrected chi connectivity index (χ0v) is 15.1. The Bertz CT molecular complexity index is 732. The van der Waals surface area contributed by atoms with Gasteiger partial charge in [-0.25, -0.2) is 14.5 Å². The molecule has 1 aromatic rings. The van der Waals surface area contributed by atoms with Crippen LogP contribution in [0.4, 0.5) is 0 Å². The molecule has 0 amide bonds. The molecule has 0 aromatic carbocycles. The Hall–Kier alpha value is -3.02. The van der Waals surface area contributed by atoms with Crippen LogP contribution in [0.1, 0.15) is 37.6 Å². The maximum Gasteiger partial charge on any atom is 0.375 e. The molecule has 1 aliphatic heterocycles. The number of carbonyl (C=O) groups excluding carboxylic acids is 4. The molecule has 2 rings (SSSR count). The van der Waals surface area contributed by atoms with Crippen LogP contribution >= 0.6 is 0 Å². The Morgan fingerprint density at radius 2 is 1.70 bits per heavy atom. The van der Waals surface area contributed by atoms with E-state index < -0.39 is 48.4 Å². The van der Waals surface area contributed by atoms with Gasteiger partial charge in [-0.1, -0.05) is 0 Å².